The van der Waals surface area contributed by atoms with Crippen LogP contribution in [-0.2, 0) is 11.3 Å². The number of para-hydroxylation sites is 2. The molecule has 1 heterocycles. The standard InChI is InChI=1S/C30H26FN5O5S/c1-18-24(10-7-11-25(18)31)30(37)33-19-8-6-9-21(14-19)36(42(38)39)29-28(34-26-12-4-5-13-27(26)35-29)32-20-15-22(40-2)17-23(16-20)41-3/h4-17H,1-3H3,(H,32,34)(H,33,37)(H,38,39). The van der Waals surface area contributed by atoms with Crippen molar-refractivity contribution in [1.29, 1.82) is 0 Å². The molecule has 0 aliphatic heterocycles. The Balaban J connectivity index is 1.57. The number of fused-ring (bicyclic) bond motifs is 1. The summed E-state index contributed by atoms with van der Waals surface area (Å²) in [6.07, 6.45) is 0. The maximum Gasteiger partial charge on any atom is 0.268 e. The highest BCUT2D eigenvalue weighted by Crippen LogP contribution is 2.36. The molecular formula is C30H26FN5O5S. The number of amides is 1. The van der Waals surface area contributed by atoms with E-state index in [2.05, 4.69) is 15.6 Å². The van der Waals surface area contributed by atoms with Gasteiger partial charge in [0.1, 0.15) is 17.3 Å². The molecule has 5 aromatic rings. The lowest BCUT2D eigenvalue weighted by Crippen LogP contribution is -2.22. The highest BCUT2D eigenvalue weighted by atomic mass is 32.2. The van der Waals surface area contributed by atoms with Crippen molar-refractivity contribution in [3.63, 3.8) is 0 Å². The van der Waals surface area contributed by atoms with Crippen molar-refractivity contribution in [1.82, 2.24) is 9.97 Å². The smallest absolute Gasteiger partial charge is 0.268 e. The number of carbonyl (C=O) groups is 1. The van der Waals surface area contributed by atoms with Crippen LogP contribution in [0.1, 0.15) is 15.9 Å². The van der Waals surface area contributed by atoms with Crippen LogP contribution in [0.25, 0.3) is 11.0 Å². The van der Waals surface area contributed by atoms with Crippen molar-refractivity contribution in [2.75, 3.05) is 29.2 Å². The minimum Gasteiger partial charge on any atom is -0.497 e. The van der Waals surface area contributed by atoms with Crippen molar-refractivity contribution in [2.45, 2.75) is 6.92 Å². The lowest BCUT2D eigenvalue weighted by atomic mass is 10.1. The highest BCUT2D eigenvalue weighted by Gasteiger charge is 2.24. The fourth-order valence-corrected chi connectivity index (χ4v) is 4.85. The fourth-order valence-electron chi connectivity index (χ4n) is 4.28. The summed E-state index contributed by atoms with van der Waals surface area (Å²) >= 11 is -2.61. The number of benzene rings is 4. The molecule has 10 nitrogen and oxygen atoms in total. The molecule has 1 atom stereocenters. The number of aromatic nitrogens is 2. The number of nitrogens with zero attached hydrogens (tertiary/aromatic N) is 3. The van der Waals surface area contributed by atoms with E-state index in [0.29, 0.717) is 33.9 Å². The molecule has 0 bridgehead atoms. The Morgan fingerprint density at radius 3 is 2.21 bits per heavy atom. The molecule has 0 spiro atoms. The number of methoxy groups -OCH3 is 2. The number of hydrogen-bond acceptors (Lipinski definition) is 7. The van der Waals surface area contributed by atoms with Crippen LogP contribution in [0.5, 0.6) is 11.5 Å². The van der Waals surface area contributed by atoms with Gasteiger partial charge >= 0.3 is 0 Å². The first kappa shape index (κ1) is 28.5. The van der Waals surface area contributed by atoms with E-state index in [-0.39, 0.29) is 28.5 Å². The average molecular weight is 588 g/mol. The predicted octanol–water partition coefficient (Wildman–Crippen LogP) is 6.37. The molecule has 0 saturated heterocycles. The van der Waals surface area contributed by atoms with Gasteiger partial charge in [0, 0.05) is 35.1 Å². The Kier molecular flexibility index (Phi) is 8.27. The zero-order valence-corrected chi connectivity index (χ0v) is 23.6. The van der Waals surface area contributed by atoms with E-state index in [9.17, 15) is 17.9 Å². The van der Waals surface area contributed by atoms with Crippen LogP contribution in [0.15, 0.2) is 84.9 Å². The van der Waals surface area contributed by atoms with Gasteiger partial charge in [0.15, 0.2) is 11.6 Å². The van der Waals surface area contributed by atoms with Gasteiger partial charge in [-0.1, -0.05) is 24.3 Å². The number of ether oxygens (including phenoxy) is 2. The van der Waals surface area contributed by atoms with Crippen molar-refractivity contribution < 1.29 is 27.4 Å². The topological polar surface area (TPSA) is 126 Å². The Morgan fingerprint density at radius 1 is 0.881 bits per heavy atom. The number of carbonyl (C=O) groups excluding carboxylic acids is 1. The Hall–Kier alpha value is -5.07. The van der Waals surface area contributed by atoms with Gasteiger partial charge in [-0.05, 0) is 55.0 Å². The van der Waals surface area contributed by atoms with Crippen molar-refractivity contribution >= 4 is 56.9 Å². The first-order valence-corrected chi connectivity index (χ1v) is 13.7. The Morgan fingerprint density at radius 2 is 1.55 bits per heavy atom. The molecule has 1 unspecified atom stereocenters. The number of nitrogens with one attached hydrogen (secondary N) is 2. The largest absolute Gasteiger partial charge is 0.497 e. The molecule has 4 aromatic carbocycles. The van der Waals surface area contributed by atoms with Crippen LogP contribution in [-0.4, -0.2) is 38.9 Å². The Bertz CT molecular complexity index is 1800. The van der Waals surface area contributed by atoms with E-state index in [1.165, 1.54) is 45.4 Å². The third-order valence-electron chi connectivity index (χ3n) is 6.37. The fraction of sp³-hybridized carbons (Fsp3) is 0.100. The molecule has 3 N–H and O–H groups in total. The van der Waals surface area contributed by atoms with Crippen molar-refractivity contribution in [2.24, 2.45) is 0 Å². The van der Waals surface area contributed by atoms with Gasteiger partial charge in [0.05, 0.1) is 30.9 Å². The minimum atomic E-state index is -2.61. The van der Waals surface area contributed by atoms with Crippen molar-refractivity contribution in [3.8, 4) is 11.5 Å². The van der Waals surface area contributed by atoms with Gasteiger partial charge < -0.3 is 20.1 Å². The van der Waals surface area contributed by atoms with E-state index in [4.69, 9.17) is 14.5 Å². The first-order chi connectivity index (χ1) is 20.3. The average Bonchev–Trinajstić information content (AvgIpc) is 2.98. The Labute approximate surface area is 243 Å². The van der Waals surface area contributed by atoms with Crippen LogP contribution in [0.3, 0.4) is 0 Å². The number of hydrogen-bond donors (Lipinski definition) is 3. The summed E-state index contributed by atoms with van der Waals surface area (Å²) in [5.41, 5.74) is 2.51. The van der Waals surface area contributed by atoms with Crippen LogP contribution in [0.2, 0.25) is 0 Å². The molecule has 1 amide bonds. The van der Waals surface area contributed by atoms with Gasteiger partial charge in [0.25, 0.3) is 17.2 Å². The predicted molar refractivity (Wildman–Crippen MR) is 161 cm³/mol. The molecule has 0 radical (unpaired) electrons. The summed E-state index contributed by atoms with van der Waals surface area (Å²) in [5, 5.41) is 5.90. The molecule has 0 aliphatic carbocycles. The molecule has 214 valence electrons. The van der Waals surface area contributed by atoms with E-state index >= 15 is 0 Å². The number of anilines is 5. The molecule has 42 heavy (non-hydrogen) atoms. The van der Waals surface area contributed by atoms with Crippen LogP contribution < -0.4 is 24.4 Å². The number of halogens is 1. The van der Waals surface area contributed by atoms with Crippen LogP contribution in [0.4, 0.5) is 33.1 Å². The summed E-state index contributed by atoms with van der Waals surface area (Å²) in [6.45, 7) is 1.52. The summed E-state index contributed by atoms with van der Waals surface area (Å²) < 4.78 is 49.2. The molecule has 12 heteroatoms. The van der Waals surface area contributed by atoms with Gasteiger partial charge in [-0.25, -0.2) is 22.9 Å². The van der Waals surface area contributed by atoms with Gasteiger partial charge in [0.2, 0.25) is 0 Å². The van der Waals surface area contributed by atoms with Gasteiger partial charge in [-0.15, -0.1) is 0 Å². The molecular weight excluding hydrogens is 561 g/mol. The quantitative estimate of drug-likeness (QED) is 0.170. The minimum absolute atomic E-state index is 0.0424. The van der Waals surface area contributed by atoms with Crippen molar-refractivity contribution in [3.05, 3.63) is 102 Å². The van der Waals surface area contributed by atoms with Crippen LogP contribution in [0, 0.1) is 12.7 Å². The molecule has 1 aromatic heterocycles. The maximum atomic E-state index is 14.0. The van der Waals surface area contributed by atoms with Gasteiger partial charge in [-0.2, -0.15) is 0 Å². The second kappa shape index (κ2) is 12.2. The number of rotatable bonds is 9. The zero-order valence-electron chi connectivity index (χ0n) is 22.8. The summed E-state index contributed by atoms with van der Waals surface area (Å²) in [5.74, 6) is 0.234. The van der Waals surface area contributed by atoms with E-state index in [1.807, 2.05) is 6.07 Å². The van der Waals surface area contributed by atoms with E-state index in [0.717, 1.165) is 4.31 Å². The third-order valence-corrected chi connectivity index (χ3v) is 7.06. The molecule has 0 aliphatic rings. The van der Waals surface area contributed by atoms with Gasteiger partial charge in [-0.3, -0.25) is 9.35 Å². The second-order valence-corrected chi connectivity index (χ2v) is 9.88. The lowest BCUT2D eigenvalue weighted by molar-refractivity contribution is 0.102. The molecule has 0 fully saturated rings. The normalized spacial score (nSPS) is 11.5. The monoisotopic (exact) mass is 587 g/mol. The zero-order chi connectivity index (χ0) is 29.8. The first-order valence-electron chi connectivity index (χ1n) is 12.6. The summed E-state index contributed by atoms with van der Waals surface area (Å²) in [4.78, 5) is 22.3. The maximum absolute atomic E-state index is 14.0. The summed E-state index contributed by atoms with van der Waals surface area (Å²) in [6, 6.07) is 22.8. The molecule has 5 rings (SSSR count). The van der Waals surface area contributed by atoms with Crippen LogP contribution >= 0.6 is 0 Å². The second-order valence-electron chi connectivity index (χ2n) is 9.05. The van der Waals surface area contributed by atoms with E-state index < -0.39 is 23.0 Å². The highest BCUT2D eigenvalue weighted by molar-refractivity contribution is 7.81. The van der Waals surface area contributed by atoms with E-state index in [1.54, 1.807) is 54.6 Å². The SMILES string of the molecule is COc1cc(Nc2nc3ccccc3nc2N(c2cccc(NC(=O)c3cccc(F)c3C)c2)S(=O)O)cc(OC)c1. The lowest BCUT2D eigenvalue weighted by Gasteiger charge is -2.23. The molecule has 0 saturated carbocycles. The summed E-state index contributed by atoms with van der Waals surface area (Å²) in [7, 11) is 3.05. The third kappa shape index (κ3) is 5.99.